The normalized spacial score (nSPS) is 24.3. The molecule has 1 unspecified atom stereocenters. The molecule has 0 bridgehead atoms. The lowest BCUT2D eigenvalue weighted by molar-refractivity contribution is 0.110. The summed E-state index contributed by atoms with van der Waals surface area (Å²) in [4.78, 5) is 0. The number of hydrogen-bond acceptors (Lipinski definition) is 2. The van der Waals surface area contributed by atoms with Crippen molar-refractivity contribution in [3.05, 3.63) is 0 Å². The monoisotopic (exact) mass is 159 g/mol. The Kier molecular flexibility index (Phi) is 4.55. The van der Waals surface area contributed by atoms with E-state index in [1.807, 2.05) is 0 Å². The van der Waals surface area contributed by atoms with Crippen LogP contribution in [0.4, 0.5) is 0 Å². The zero-order chi connectivity index (χ0) is 7.94. The second kappa shape index (κ2) is 5.56. The third-order valence-corrected chi connectivity index (χ3v) is 2.10. The maximum atomic E-state index is 5.47. The fourth-order valence-electron chi connectivity index (χ4n) is 1.37. The molecule has 1 saturated heterocycles. The molecule has 68 valence electrons. The Morgan fingerprint density at radius 1 is 1.64 bits per heavy atom. The quantitative estimate of drug-likeness (QED) is 0.618. The molecule has 2 nitrogen and oxygen atoms in total. The summed E-state index contributed by atoms with van der Waals surface area (Å²) < 4.78 is 5.47. The zero-order valence-electron chi connectivity index (χ0n) is 7.44. The van der Waals surface area contributed by atoms with Gasteiger partial charge in [-0.1, -0.05) is 13.3 Å². The third kappa shape index (κ3) is 3.73. The maximum absolute atomic E-state index is 5.47. The highest BCUT2D eigenvalue weighted by Gasteiger charge is 2.13. The predicted molar refractivity (Wildman–Crippen MR) is 48.9 cm³/mol. The van der Waals surface area contributed by atoms with E-state index in [9.17, 15) is 0 Å². The molecule has 2 heteroatoms. The molecule has 1 aliphatic heterocycles. The Morgan fingerprint density at radius 3 is 3.18 bits per heavy atom. The molecule has 0 aromatic rings. The van der Waals surface area contributed by atoms with Gasteiger partial charge in [0.1, 0.15) is 0 Å². The molecule has 1 N–H and O–H groups in total. The topological polar surface area (TPSA) is 21.3 Å². The first-order chi connectivity index (χ1) is 5.43. The van der Waals surface area contributed by atoms with E-state index in [-0.39, 0.29) is 1.43 Å². The van der Waals surface area contributed by atoms with Gasteiger partial charge < -0.3 is 10.1 Å². The van der Waals surface area contributed by atoms with E-state index >= 15 is 0 Å². The first-order valence-electron chi connectivity index (χ1n) is 4.76. The average Bonchev–Trinajstić information content (AvgIpc) is 2.50. The largest absolute Gasteiger partial charge is 0.377 e. The fourth-order valence-corrected chi connectivity index (χ4v) is 1.37. The third-order valence-electron chi connectivity index (χ3n) is 2.10. The van der Waals surface area contributed by atoms with Crippen molar-refractivity contribution in [2.24, 2.45) is 0 Å². The van der Waals surface area contributed by atoms with Gasteiger partial charge in [-0.15, -0.1) is 0 Å². The summed E-state index contributed by atoms with van der Waals surface area (Å²) in [5.74, 6) is 0. The van der Waals surface area contributed by atoms with Crippen LogP contribution in [-0.4, -0.2) is 25.8 Å². The predicted octanol–water partition coefficient (Wildman–Crippen LogP) is 1.80. The lowest BCUT2D eigenvalue weighted by atomic mass is 10.2. The lowest BCUT2D eigenvalue weighted by Gasteiger charge is -2.09. The molecule has 1 fully saturated rings. The van der Waals surface area contributed by atoms with Crippen LogP contribution in [-0.2, 0) is 4.74 Å². The molecule has 0 aliphatic carbocycles. The highest BCUT2D eigenvalue weighted by molar-refractivity contribution is 4.66. The van der Waals surface area contributed by atoms with Crippen LogP contribution in [0.25, 0.3) is 0 Å². The number of unbranched alkanes of at least 4 members (excludes halogenated alkanes) is 1. The van der Waals surface area contributed by atoms with Crippen LogP contribution in [0.5, 0.6) is 0 Å². The van der Waals surface area contributed by atoms with Crippen molar-refractivity contribution in [2.45, 2.75) is 38.7 Å². The summed E-state index contributed by atoms with van der Waals surface area (Å²) in [5.41, 5.74) is 0. The standard InChI is InChI=1S/C9H19NO.H2/c1-2-3-6-10-8-9-5-4-7-11-9;/h9-10H,2-8H2,1H3;1H. The van der Waals surface area contributed by atoms with Gasteiger partial charge in [-0.05, 0) is 25.8 Å². The van der Waals surface area contributed by atoms with Crippen LogP contribution >= 0.6 is 0 Å². The van der Waals surface area contributed by atoms with E-state index in [1.165, 1.54) is 25.7 Å². The summed E-state index contributed by atoms with van der Waals surface area (Å²) in [6.45, 7) is 5.39. The molecule has 0 spiro atoms. The van der Waals surface area contributed by atoms with E-state index in [4.69, 9.17) is 4.74 Å². The van der Waals surface area contributed by atoms with E-state index in [0.717, 1.165) is 19.7 Å². The molecule has 0 aromatic carbocycles. The molecule has 1 aliphatic rings. The zero-order valence-corrected chi connectivity index (χ0v) is 7.44. The average molecular weight is 159 g/mol. The number of ether oxygens (including phenoxy) is 1. The molecule has 1 rings (SSSR count). The SMILES string of the molecule is CCCCNCC1CCCO1.[HH]. The van der Waals surface area contributed by atoms with E-state index in [0.29, 0.717) is 6.10 Å². The molecule has 0 saturated carbocycles. The van der Waals surface area contributed by atoms with Gasteiger partial charge >= 0.3 is 0 Å². The number of hydrogen-bond donors (Lipinski definition) is 1. The van der Waals surface area contributed by atoms with Crippen LogP contribution < -0.4 is 5.32 Å². The molecule has 11 heavy (non-hydrogen) atoms. The molecule has 1 heterocycles. The Balaban J connectivity index is 0.00000121. The molecule has 0 aromatic heterocycles. The van der Waals surface area contributed by atoms with Crippen LogP contribution in [0, 0.1) is 0 Å². The minimum absolute atomic E-state index is 0. The lowest BCUT2D eigenvalue weighted by Crippen LogP contribution is -2.26. The van der Waals surface area contributed by atoms with Gasteiger partial charge in [0.15, 0.2) is 0 Å². The summed E-state index contributed by atoms with van der Waals surface area (Å²) in [6.07, 6.45) is 5.57. The summed E-state index contributed by atoms with van der Waals surface area (Å²) in [6, 6.07) is 0. The maximum Gasteiger partial charge on any atom is 0.0700 e. The van der Waals surface area contributed by atoms with Gasteiger partial charge in [0, 0.05) is 14.6 Å². The first-order valence-corrected chi connectivity index (χ1v) is 4.76. The van der Waals surface area contributed by atoms with Crippen molar-refractivity contribution in [3.63, 3.8) is 0 Å². The molecule has 0 amide bonds. The Hall–Kier alpha value is -0.0800. The summed E-state index contributed by atoms with van der Waals surface area (Å²) in [7, 11) is 0. The summed E-state index contributed by atoms with van der Waals surface area (Å²) in [5, 5.41) is 3.40. The second-order valence-corrected chi connectivity index (χ2v) is 3.19. The van der Waals surface area contributed by atoms with Crippen molar-refractivity contribution in [1.82, 2.24) is 5.32 Å². The highest BCUT2D eigenvalue weighted by Crippen LogP contribution is 2.10. The van der Waals surface area contributed by atoms with Gasteiger partial charge in [0.2, 0.25) is 0 Å². The minimum atomic E-state index is 0. The molecular formula is C9H21NO. The molecule has 0 radical (unpaired) electrons. The Morgan fingerprint density at radius 2 is 2.55 bits per heavy atom. The van der Waals surface area contributed by atoms with Crippen LogP contribution in [0.15, 0.2) is 0 Å². The van der Waals surface area contributed by atoms with Crippen LogP contribution in [0.2, 0.25) is 0 Å². The fraction of sp³-hybridized carbons (Fsp3) is 1.00. The van der Waals surface area contributed by atoms with Crippen molar-refractivity contribution in [3.8, 4) is 0 Å². The van der Waals surface area contributed by atoms with Crippen molar-refractivity contribution in [1.29, 1.82) is 0 Å². The van der Waals surface area contributed by atoms with E-state index < -0.39 is 0 Å². The van der Waals surface area contributed by atoms with Gasteiger partial charge in [-0.3, -0.25) is 0 Å². The molecular weight excluding hydrogens is 138 g/mol. The van der Waals surface area contributed by atoms with Crippen molar-refractivity contribution < 1.29 is 6.16 Å². The van der Waals surface area contributed by atoms with Gasteiger partial charge in [0.05, 0.1) is 6.10 Å². The van der Waals surface area contributed by atoms with Crippen molar-refractivity contribution in [2.75, 3.05) is 19.7 Å². The van der Waals surface area contributed by atoms with Crippen LogP contribution in [0.3, 0.4) is 0 Å². The van der Waals surface area contributed by atoms with E-state index in [1.54, 1.807) is 0 Å². The number of nitrogens with one attached hydrogen (secondary N) is 1. The van der Waals surface area contributed by atoms with E-state index in [2.05, 4.69) is 12.2 Å². The minimum Gasteiger partial charge on any atom is -0.377 e. The van der Waals surface area contributed by atoms with Gasteiger partial charge in [-0.25, -0.2) is 0 Å². The highest BCUT2D eigenvalue weighted by atomic mass is 16.5. The molecule has 1 atom stereocenters. The summed E-state index contributed by atoms with van der Waals surface area (Å²) >= 11 is 0. The first kappa shape index (κ1) is 9.01. The Bertz CT molecular complexity index is 94.5. The van der Waals surface area contributed by atoms with Crippen molar-refractivity contribution >= 4 is 0 Å². The van der Waals surface area contributed by atoms with Gasteiger partial charge in [0.25, 0.3) is 0 Å². The Labute approximate surface area is 70.8 Å². The number of rotatable bonds is 5. The smallest absolute Gasteiger partial charge is 0.0700 e. The second-order valence-electron chi connectivity index (χ2n) is 3.19. The van der Waals surface area contributed by atoms with Crippen LogP contribution in [0.1, 0.15) is 34.0 Å². The van der Waals surface area contributed by atoms with Gasteiger partial charge in [-0.2, -0.15) is 0 Å².